The number of rotatable bonds is 5. The number of nitrogens with zero attached hydrogens (tertiary/aromatic N) is 1. The van der Waals surface area contributed by atoms with Crippen LogP contribution in [0.1, 0.15) is 36.2 Å². The molecular weight excluding hydrogens is 260 g/mol. The number of halogens is 1. The lowest BCUT2D eigenvalue weighted by atomic mass is 10.0. The molecule has 1 unspecified atom stereocenters. The van der Waals surface area contributed by atoms with Crippen LogP contribution >= 0.6 is 11.6 Å². The second kappa shape index (κ2) is 6.92. The van der Waals surface area contributed by atoms with E-state index in [1.807, 2.05) is 20.0 Å². The van der Waals surface area contributed by atoms with Gasteiger partial charge in [-0.1, -0.05) is 25.4 Å². The van der Waals surface area contributed by atoms with Gasteiger partial charge in [0.05, 0.1) is 0 Å². The first kappa shape index (κ1) is 16.0. The lowest BCUT2D eigenvalue weighted by Gasteiger charge is -2.22. The van der Waals surface area contributed by atoms with E-state index in [1.54, 1.807) is 17.0 Å². The average molecular weight is 283 g/mol. The van der Waals surface area contributed by atoms with Gasteiger partial charge in [-0.15, -0.1) is 0 Å². The molecule has 0 aromatic heterocycles. The summed E-state index contributed by atoms with van der Waals surface area (Å²) < 4.78 is 0. The average Bonchev–Trinajstić information content (AvgIpc) is 2.34. The Labute approximate surface area is 120 Å². The zero-order valence-corrected chi connectivity index (χ0v) is 12.9. The van der Waals surface area contributed by atoms with Crippen molar-refractivity contribution in [1.82, 2.24) is 4.90 Å². The van der Waals surface area contributed by atoms with Crippen molar-refractivity contribution in [2.75, 3.05) is 13.6 Å². The maximum atomic E-state index is 12.3. The SMILES string of the molecule is Cc1cc(Cl)ccc1C(=O)N(C)CCC(N)C(C)C. The molecule has 0 saturated heterocycles. The van der Waals surface area contributed by atoms with Gasteiger partial charge in [-0.3, -0.25) is 4.79 Å². The predicted molar refractivity (Wildman–Crippen MR) is 80.6 cm³/mol. The standard InChI is InChI=1S/C15H23ClN2O/c1-10(2)14(17)7-8-18(4)15(19)13-6-5-12(16)9-11(13)3/h5-6,9-10,14H,7-8,17H2,1-4H3. The minimum Gasteiger partial charge on any atom is -0.342 e. The maximum absolute atomic E-state index is 12.3. The van der Waals surface area contributed by atoms with Crippen molar-refractivity contribution in [3.63, 3.8) is 0 Å². The van der Waals surface area contributed by atoms with Crippen LogP contribution in [0, 0.1) is 12.8 Å². The molecule has 4 heteroatoms. The van der Waals surface area contributed by atoms with Crippen LogP contribution in [0.4, 0.5) is 0 Å². The molecule has 0 aliphatic carbocycles. The van der Waals surface area contributed by atoms with Gasteiger partial charge in [0.25, 0.3) is 5.91 Å². The third-order valence-corrected chi connectivity index (χ3v) is 3.65. The molecule has 0 heterocycles. The van der Waals surface area contributed by atoms with Crippen molar-refractivity contribution < 1.29 is 4.79 Å². The van der Waals surface area contributed by atoms with Crippen molar-refractivity contribution in [1.29, 1.82) is 0 Å². The highest BCUT2D eigenvalue weighted by atomic mass is 35.5. The smallest absolute Gasteiger partial charge is 0.253 e. The van der Waals surface area contributed by atoms with E-state index < -0.39 is 0 Å². The molecule has 1 aromatic carbocycles. The van der Waals surface area contributed by atoms with Gasteiger partial charge < -0.3 is 10.6 Å². The Hall–Kier alpha value is -1.06. The molecule has 0 bridgehead atoms. The number of carbonyl (C=O) groups is 1. The van der Waals surface area contributed by atoms with Crippen LogP contribution in [0.15, 0.2) is 18.2 Å². The fourth-order valence-electron chi connectivity index (χ4n) is 1.85. The molecule has 19 heavy (non-hydrogen) atoms. The fourth-order valence-corrected chi connectivity index (χ4v) is 2.08. The summed E-state index contributed by atoms with van der Waals surface area (Å²) >= 11 is 5.90. The molecule has 1 amide bonds. The van der Waals surface area contributed by atoms with Gasteiger partial charge in [0, 0.05) is 30.2 Å². The molecule has 0 aliphatic heterocycles. The maximum Gasteiger partial charge on any atom is 0.253 e. The molecule has 106 valence electrons. The zero-order chi connectivity index (χ0) is 14.6. The first-order valence-electron chi connectivity index (χ1n) is 6.60. The molecule has 1 rings (SSSR count). The minimum atomic E-state index is 0.0186. The predicted octanol–water partition coefficient (Wildman–Crippen LogP) is 3.09. The number of nitrogens with two attached hydrogens (primary N) is 1. The number of hydrogen-bond acceptors (Lipinski definition) is 2. The number of benzene rings is 1. The summed E-state index contributed by atoms with van der Waals surface area (Å²) in [7, 11) is 1.81. The lowest BCUT2D eigenvalue weighted by Crippen LogP contribution is -2.34. The topological polar surface area (TPSA) is 46.3 Å². The monoisotopic (exact) mass is 282 g/mol. The first-order chi connectivity index (χ1) is 8.82. The van der Waals surface area contributed by atoms with Gasteiger partial charge in [0.2, 0.25) is 0 Å². The molecule has 0 saturated carbocycles. The van der Waals surface area contributed by atoms with Crippen molar-refractivity contribution in [2.45, 2.75) is 33.2 Å². The molecule has 0 aliphatic rings. The summed E-state index contributed by atoms with van der Waals surface area (Å²) in [4.78, 5) is 14.0. The van der Waals surface area contributed by atoms with E-state index in [4.69, 9.17) is 17.3 Å². The van der Waals surface area contributed by atoms with Gasteiger partial charge >= 0.3 is 0 Å². The van der Waals surface area contributed by atoms with Gasteiger partial charge in [0.1, 0.15) is 0 Å². The Morgan fingerprint density at radius 1 is 1.42 bits per heavy atom. The summed E-state index contributed by atoms with van der Waals surface area (Å²) in [5.41, 5.74) is 7.60. The van der Waals surface area contributed by atoms with Crippen LogP contribution in [0.3, 0.4) is 0 Å². The Kier molecular flexibility index (Phi) is 5.83. The third kappa shape index (κ3) is 4.51. The van der Waals surface area contributed by atoms with Gasteiger partial charge in [-0.05, 0) is 43.0 Å². The van der Waals surface area contributed by atoms with E-state index in [0.29, 0.717) is 23.0 Å². The lowest BCUT2D eigenvalue weighted by molar-refractivity contribution is 0.0788. The Morgan fingerprint density at radius 2 is 2.05 bits per heavy atom. The molecule has 1 atom stereocenters. The van der Waals surface area contributed by atoms with Crippen molar-refractivity contribution in [3.8, 4) is 0 Å². The Morgan fingerprint density at radius 3 is 2.58 bits per heavy atom. The summed E-state index contributed by atoms with van der Waals surface area (Å²) in [6, 6.07) is 5.46. The molecule has 3 nitrogen and oxygen atoms in total. The largest absolute Gasteiger partial charge is 0.342 e. The Balaban J connectivity index is 2.66. The van der Waals surface area contributed by atoms with E-state index in [9.17, 15) is 4.79 Å². The highest BCUT2D eigenvalue weighted by molar-refractivity contribution is 6.30. The Bertz CT molecular complexity index is 446. The first-order valence-corrected chi connectivity index (χ1v) is 6.98. The van der Waals surface area contributed by atoms with Crippen molar-refractivity contribution in [3.05, 3.63) is 34.3 Å². The normalized spacial score (nSPS) is 12.6. The molecule has 0 spiro atoms. The van der Waals surface area contributed by atoms with Crippen LogP contribution in [0.5, 0.6) is 0 Å². The molecule has 2 N–H and O–H groups in total. The van der Waals surface area contributed by atoms with Gasteiger partial charge in [-0.2, -0.15) is 0 Å². The quantitative estimate of drug-likeness (QED) is 0.902. The summed E-state index contributed by atoms with van der Waals surface area (Å²) in [5, 5.41) is 0.651. The number of hydrogen-bond donors (Lipinski definition) is 1. The third-order valence-electron chi connectivity index (χ3n) is 3.42. The molecule has 0 fully saturated rings. The fraction of sp³-hybridized carbons (Fsp3) is 0.533. The summed E-state index contributed by atoms with van der Waals surface area (Å²) in [6.45, 7) is 6.75. The number of amides is 1. The van der Waals surface area contributed by atoms with E-state index in [2.05, 4.69) is 13.8 Å². The van der Waals surface area contributed by atoms with Crippen LogP contribution in [-0.4, -0.2) is 30.4 Å². The minimum absolute atomic E-state index is 0.0186. The van der Waals surface area contributed by atoms with Crippen LogP contribution in [0.25, 0.3) is 0 Å². The molecule has 0 radical (unpaired) electrons. The second-order valence-corrected chi connectivity index (χ2v) is 5.82. The van der Waals surface area contributed by atoms with Crippen LogP contribution < -0.4 is 5.73 Å². The molecule has 1 aromatic rings. The van der Waals surface area contributed by atoms with E-state index in [1.165, 1.54) is 0 Å². The second-order valence-electron chi connectivity index (χ2n) is 5.38. The van der Waals surface area contributed by atoms with E-state index >= 15 is 0 Å². The molecular formula is C15H23ClN2O. The van der Waals surface area contributed by atoms with E-state index in [-0.39, 0.29) is 11.9 Å². The highest BCUT2D eigenvalue weighted by Crippen LogP contribution is 2.17. The summed E-state index contributed by atoms with van der Waals surface area (Å²) in [6.07, 6.45) is 0.812. The summed E-state index contributed by atoms with van der Waals surface area (Å²) in [5.74, 6) is 0.450. The number of carbonyl (C=O) groups excluding carboxylic acids is 1. The van der Waals surface area contributed by atoms with Crippen LogP contribution in [-0.2, 0) is 0 Å². The highest BCUT2D eigenvalue weighted by Gasteiger charge is 2.16. The van der Waals surface area contributed by atoms with Gasteiger partial charge in [-0.25, -0.2) is 0 Å². The zero-order valence-electron chi connectivity index (χ0n) is 12.1. The van der Waals surface area contributed by atoms with Crippen molar-refractivity contribution >= 4 is 17.5 Å². The number of aryl methyl sites for hydroxylation is 1. The van der Waals surface area contributed by atoms with Crippen LogP contribution in [0.2, 0.25) is 5.02 Å². The van der Waals surface area contributed by atoms with Gasteiger partial charge in [0.15, 0.2) is 0 Å². The van der Waals surface area contributed by atoms with E-state index in [0.717, 1.165) is 12.0 Å². The van der Waals surface area contributed by atoms with Crippen molar-refractivity contribution in [2.24, 2.45) is 11.7 Å².